The fourth-order valence-electron chi connectivity index (χ4n) is 8.29. The van der Waals surface area contributed by atoms with Crippen LogP contribution in [0.3, 0.4) is 0 Å². The van der Waals surface area contributed by atoms with Gasteiger partial charge in [0.05, 0.1) is 25.7 Å². The number of carbonyl (C=O) groups excluding carboxylic acids is 2. The number of Topliss-reactive ketones (excluding diaryl/α,β-unsaturated/α-hetero) is 1. The number of ketones is 2. The van der Waals surface area contributed by atoms with Crippen molar-refractivity contribution in [1.82, 2.24) is 0 Å². The van der Waals surface area contributed by atoms with E-state index in [1.165, 1.54) is 0 Å². The number of rotatable bonds is 8. The zero-order valence-corrected chi connectivity index (χ0v) is 23.0. The molecule has 9 heteroatoms. The summed E-state index contributed by atoms with van der Waals surface area (Å²) in [7, 11) is -4.08. The van der Waals surface area contributed by atoms with Crippen LogP contribution in [0, 0.1) is 28.6 Å². The van der Waals surface area contributed by atoms with Crippen molar-refractivity contribution >= 4 is 21.9 Å². The fourth-order valence-corrected chi connectivity index (χ4v) is 9.72. The zero-order chi connectivity index (χ0) is 26.7. The van der Waals surface area contributed by atoms with Gasteiger partial charge in [-0.3, -0.25) is 9.59 Å². The van der Waals surface area contributed by atoms with Crippen LogP contribution >= 0.6 is 0 Å². The third-order valence-corrected chi connectivity index (χ3v) is 12.8. The Morgan fingerprint density at radius 1 is 1.17 bits per heavy atom. The van der Waals surface area contributed by atoms with Crippen molar-refractivity contribution in [1.29, 1.82) is 0 Å². The number of fused-ring (bicyclic) bond motifs is 5. The number of carbonyl (C=O) groups is 2. The lowest BCUT2D eigenvalue weighted by atomic mass is 9.46. The van der Waals surface area contributed by atoms with Gasteiger partial charge in [0, 0.05) is 16.7 Å². The Balaban J connectivity index is 1.58. The second-order valence-electron chi connectivity index (χ2n) is 11.7. The lowest BCUT2D eigenvalue weighted by Gasteiger charge is -2.59. The van der Waals surface area contributed by atoms with Crippen LogP contribution in [0.5, 0.6) is 0 Å². The van der Waals surface area contributed by atoms with Crippen LogP contribution in [0.1, 0.15) is 66.7 Å². The Bertz CT molecular complexity index is 1090. The van der Waals surface area contributed by atoms with E-state index in [0.717, 1.165) is 18.4 Å². The Labute approximate surface area is 215 Å². The Morgan fingerprint density at radius 2 is 1.81 bits per heavy atom. The molecule has 3 fully saturated rings. The SMILES string of the molecule is CC[N+](CC)(CC)S(=O)(=O)OCC(=O)[C@@]1(O)CC[C@H]2[C@@H]3CCC4=CC(=O)C=C[C@]4(C)[C@H]3[C@@H](O)C[C@@]21C. The lowest BCUT2D eigenvalue weighted by Crippen LogP contribution is -2.62. The molecule has 0 aromatic rings. The molecular weight excluding hydrogens is 482 g/mol. The van der Waals surface area contributed by atoms with Gasteiger partial charge in [-0.2, -0.15) is 3.89 Å². The monoisotopic (exact) mass is 524 g/mol. The molecule has 0 heterocycles. The minimum Gasteiger partial charge on any atom is -0.393 e. The van der Waals surface area contributed by atoms with Crippen molar-refractivity contribution in [3.05, 3.63) is 23.8 Å². The van der Waals surface area contributed by atoms with Crippen LogP contribution in [0.25, 0.3) is 0 Å². The summed E-state index contributed by atoms with van der Waals surface area (Å²) in [5.74, 6) is -0.685. The molecule has 36 heavy (non-hydrogen) atoms. The molecule has 0 aliphatic heterocycles. The molecule has 0 amide bonds. The van der Waals surface area contributed by atoms with E-state index >= 15 is 0 Å². The standard InChI is InChI=1S/C27H42NO7S/c1-6-28(7-2,8-3)36(33,34)35-17-23(31)27(32)14-12-21-20-10-9-18-15-19(29)11-13-25(18,4)24(20)22(30)16-26(21,27)5/h11,13,15,20-22,24,30,32H,6-10,12,14,16-17H2,1-5H3/q+1/t20-,21-,22-,24+,25-,26-,27-/m0/s1. The summed E-state index contributed by atoms with van der Waals surface area (Å²) in [6, 6.07) is 0. The first-order valence-corrected chi connectivity index (χ1v) is 14.8. The average Bonchev–Trinajstić information content (AvgIpc) is 3.10. The molecule has 0 saturated heterocycles. The number of nitrogens with zero attached hydrogens (tertiary/aromatic N) is 1. The second-order valence-corrected chi connectivity index (χ2v) is 13.6. The van der Waals surface area contributed by atoms with E-state index in [0.29, 0.717) is 26.1 Å². The topological polar surface area (TPSA) is 118 Å². The maximum absolute atomic E-state index is 13.5. The van der Waals surface area contributed by atoms with Crippen LogP contribution < -0.4 is 0 Å². The van der Waals surface area contributed by atoms with Crippen LogP contribution in [-0.4, -0.2) is 72.0 Å². The summed E-state index contributed by atoms with van der Waals surface area (Å²) in [4.78, 5) is 25.5. The highest BCUT2D eigenvalue weighted by Gasteiger charge is 2.68. The first-order chi connectivity index (χ1) is 16.7. The van der Waals surface area contributed by atoms with Gasteiger partial charge >= 0.3 is 10.3 Å². The van der Waals surface area contributed by atoms with Crippen LogP contribution in [-0.2, 0) is 24.1 Å². The van der Waals surface area contributed by atoms with Gasteiger partial charge in [-0.25, -0.2) is 4.18 Å². The molecule has 0 unspecified atom stereocenters. The van der Waals surface area contributed by atoms with Gasteiger partial charge in [0.1, 0.15) is 12.2 Å². The van der Waals surface area contributed by atoms with E-state index in [2.05, 4.69) is 6.92 Å². The molecule has 8 nitrogen and oxygen atoms in total. The van der Waals surface area contributed by atoms with Crippen molar-refractivity contribution in [2.45, 2.75) is 78.4 Å². The Kier molecular flexibility index (Phi) is 7.00. The van der Waals surface area contributed by atoms with E-state index in [4.69, 9.17) is 4.18 Å². The van der Waals surface area contributed by atoms with Gasteiger partial charge in [-0.15, -0.1) is 8.42 Å². The third-order valence-electron chi connectivity index (χ3n) is 10.7. The Hall–Kier alpha value is -1.39. The summed E-state index contributed by atoms with van der Waals surface area (Å²) in [5, 5.41) is 23.3. The zero-order valence-electron chi connectivity index (χ0n) is 22.2. The molecule has 0 spiro atoms. The molecular formula is C27H42NO7S+. The molecule has 7 atom stereocenters. The molecule has 4 aliphatic carbocycles. The number of hydrogen-bond donors (Lipinski definition) is 2. The highest BCUT2D eigenvalue weighted by atomic mass is 32.2. The van der Waals surface area contributed by atoms with Gasteiger partial charge in [0.2, 0.25) is 0 Å². The Morgan fingerprint density at radius 3 is 2.42 bits per heavy atom. The maximum atomic E-state index is 13.5. The minimum atomic E-state index is -4.08. The summed E-state index contributed by atoms with van der Waals surface area (Å²) < 4.78 is 31.0. The van der Waals surface area contributed by atoms with Gasteiger partial charge < -0.3 is 10.2 Å². The van der Waals surface area contributed by atoms with Gasteiger partial charge in [0.15, 0.2) is 11.6 Å². The lowest BCUT2D eigenvalue weighted by molar-refractivity contribution is -0.805. The molecule has 0 radical (unpaired) electrons. The average molecular weight is 525 g/mol. The second kappa shape index (κ2) is 9.12. The summed E-state index contributed by atoms with van der Waals surface area (Å²) in [6.45, 7) is 9.51. The van der Waals surface area contributed by atoms with E-state index in [1.807, 2.05) is 13.0 Å². The first kappa shape index (κ1) is 27.6. The predicted molar refractivity (Wildman–Crippen MR) is 135 cm³/mol. The number of aliphatic hydroxyl groups is 2. The summed E-state index contributed by atoms with van der Waals surface area (Å²) in [6.07, 6.45) is 7.04. The molecule has 202 valence electrons. The van der Waals surface area contributed by atoms with Gasteiger partial charge in [-0.05, 0) is 76.9 Å². The largest absolute Gasteiger partial charge is 0.435 e. The molecule has 0 aromatic carbocycles. The molecule has 0 bridgehead atoms. The van der Waals surface area contributed by atoms with Crippen LogP contribution in [0.15, 0.2) is 23.8 Å². The van der Waals surface area contributed by atoms with Gasteiger partial charge in [0.25, 0.3) is 0 Å². The van der Waals surface area contributed by atoms with Crippen LogP contribution in [0.4, 0.5) is 0 Å². The number of allylic oxidation sites excluding steroid dienone is 4. The van der Waals surface area contributed by atoms with E-state index in [9.17, 15) is 28.2 Å². The fraction of sp³-hybridized carbons (Fsp3) is 0.778. The van der Waals surface area contributed by atoms with E-state index in [-0.39, 0.29) is 40.3 Å². The van der Waals surface area contributed by atoms with Crippen LogP contribution in [0.2, 0.25) is 0 Å². The minimum absolute atomic E-state index is 0.00217. The molecule has 2 N–H and O–H groups in total. The van der Waals surface area contributed by atoms with Crippen molar-refractivity contribution in [2.75, 3.05) is 26.2 Å². The van der Waals surface area contributed by atoms with Gasteiger partial charge in [-0.1, -0.05) is 25.5 Å². The summed E-state index contributed by atoms with van der Waals surface area (Å²) in [5.41, 5.74) is -2.04. The summed E-state index contributed by atoms with van der Waals surface area (Å²) >= 11 is 0. The molecule has 3 saturated carbocycles. The molecule has 4 aliphatic rings. The third kappa shape index (κ3) is 3.72. The normalized spacial score (nSPS) is 40.3. The van der Waals surface area contributed by atoms with E-state index < -0.39 is 45.2 Å². The number of aliphatic hydroxyl groups excluding tert-OH is 1. The highest BCUT2D eigenvalue weighted by Crippen LogP contribution is 2.67. The van der Waals surface area contributed by atoms with Crippen molar-refractivity contribution in [3.8, 4) is 0 Å². The molecule has 4 rings (SSSR count). The highest BCUT2D eigenvalue weighted by molar-refractivity contribution is 7.81. The maximum Gasteiger partial charge on any atom is 0.435 e. The van der Waals surface area contributed by atoms with Crippen molar-refractivity contribution in [2.24, 2.45) is 28.6 Å². The predicted octanol–water partition coefficient (Wildman–Crippen LogP) is 2.70. The quantitative estimate of drug-likeness (QED) is 0.469. The first-order valence-electron chi connectivity index (χ1n) is 13.4. The van der Waals surface area contributed by atoms with Crippen molar-refractivity contribution in [3.63, 3.8) is 0 Å². The van der Waals surface area contributed by atoms with E-state index in [1.54, 1.807) is 32.9 Å². The molecule has 0 aromatic heterocycles. The van der Waals surface area contributed by atoms with Crippen molar-refractivity contribution < 1.29 is 36.3 Å². The number of quaternary nitrogens is 1. The smallest absolute Gasteiger partial charge is 0.393 e. The number of hydrogen-bond acceptors (Lipinski definition) is 7.